The number of aromatic nitrogens is 3. The standard InChI is InChI=1S/C17H20N6O2/c24-16(17(25)22-14-2-1-5-18-11-14)21-10-13-3-8-23(9-4-13)15-12-19-6-7-20-15/h1-2,5-7,11-13H,3-4,8-10H2,(H,21,24)(H,22,25). The van der Waals surface area contributed by atoms with E-state index in [1.807, 2.05) is 0 Å². The minimum absolute atomic E-state index is 0.350. The van der Waals surface area contributed by atoms with Crippen LogP contribution in [0.2, 0.25) is 0 Å². The van der Waals surface area contributed by atoms with Gasteiger partial charge < -0.3 is 15.5 Å². The molecule has 130 valence electrons. The molecule has 0 bridgehead atoms. The minimum Gasteiger partial charge on any atom is -0.355 e. The van der Waals surface area contributed by atoms with Crippen LogP contribution in [0.25, 0.3) is 0 Å². The van der Waals surface area contributed by atoms with Crippen LogP contribution in [0.15, 0.2) is 43.1 Å². The number of piperidine rings is 1. The van der Waals surface area contributed by atoms with Gasteiger partial charge in [-0.1, -0.05) is 0 Å². The summed E-state index contributed by atoms with van der Waals surface area (Å²) in [5.41, 5.74) is 0.500. The first kappa shape index (κ1) is 16.8. The van der Waals surface area contributed by atoms with Crippen LogP contribution in [0, 0.1) is 5.92 Å². The highest BCUT2D eigenvalue weighted by Crippen LogP contribution is 2.20. The van der Waals surface area contributed by atoms with Crippen molar-refractivity contribution in [2.75, 3.05) is 29.9 Å². The Hall–Kier alpha value is -3.03. The van der Waals surface area contributed by atoms with Crippen molar-refractivity contribution in [1.29, 1.82) is 0 Å². The minimum atomic E-state index is -0.676. The first-order chi connectivity index (χ1) is 12.2. The number of carbonyl (C=O) groups excluding carboxylic acids is 2. The molecule has 2 N–H and O–H groups in total. The molecule has 0 unspecified atom stereocenters. The van der Waals surface area contributed by atoms with Crippen molar-refractivity contribution in [3.8, 4) is 0 Å². The van der Waals surface area contributed by atoms with E-state index in [1.165, 1.54) is 6.20 Å². The summed E-state index contributed by atoms with van der Waals surface area (Å²) in [6.07, 6.45) is 10.0. The van der Waals surface area contributed by atoms with Gasteiger partial charge >= 0.3 is 11.8 Å². The van der Waals surface area contributed by atoms with Crippen molar-refractivity contribution in [2.45, 2.75) is 12.8 Å². The third-order valence-electron chi connectivity index (χ3n) is 4.16. The van der Waals surface area contributed by atoms with Gasteiger partial charge in [0.05, 0.1) is 18.1 Å². The molecule has 1 aliphatic heterocycles. The zero-order valence-corrected chi connectivity index (χ0v) is 13.8. The monoisotopic (exact) mass is 340 g/mol. The van der Waals surface area contributed by atoms with E-state index in [1.54, 1.807) is 36.9 Å². The van der Waals surface area contributed by atoms with Gasteiger partial charge in [-0.25, -0.2) is 4.98 Å². The molecule has 0 aromatic carbocycles. The summed E-state index contributed by atoms with van der Waals surface area (Å²) >= 11 is 0. The Morgan fingerprint density at radius 3 is 2.56 bits per heavy atom. The summed E-state index contributed by atoms with van der Waals surface area (Å²) in [6.45, 7) is 2.22. The molecule has 1 fully saturated rings. The first-order valence-electron chi connectivity index (χ1n) is 8.22. The van der Waals surface area contributed by atoms with Gasteiger partial charge in [0.25, 0.3) is 0 Å². The number of anilines is 2. The number of rotatable bonds is 4. The van der Waals surface area contributed by atoms with Gasteiger partial charge in [-0.15, -0.1) is 0 Å². The quantitative estimate of drug-likeness (QED) is 0.800. The Balaban J connectivity index is 1.40. The second-order valence-electron chi connectivity index (χ2n) is 5.90. The van der Waals surface area contributed by atoms with Crippen LogP contribution < -0.4 is 15.5 Å². The average molecular weight is 340 g/mol. The van der Waals surface area contributed by atoms with E-state index in [2.05, 4.69) is 30.5 Å². The van der Waals surface area contributed by atoms with Crippen LogP contribution in [-0.2, 0) is 9.59 Å². The lowest BCUT2D eigenvalue weighted by atomic mass is 9.97. The summed E-state index contributed by atoms with van der Waals surface area (Å²) in [4.78, 5) is 38.2. The number of hydrogen-bond acceptors (Lipinski definition) is 6. The van der Waals surface area contributed by atoms with Crippen molar-refractivity contribution >= 4 is 23.3 Å². The Labute approximate surface area is 145 Å². The molecular formula is C17H20N6O2. The molecule has 25 heavy (non-hydrogen) atoms. The molecule has 0 saturated carbocycles. The van der Waals surface area contributed by atoms with Crippen molar-refractivity contribution in [3.05, 3.63) is 43.1 Å². The van der Waals surface area contributed by atoms with Crippen LogP contribution in [0.1, 0.15) is 12.8 Å². The third-order valence-corrected chi connectivity index (χ3v) is 4.16. The largest absolute Gasteiger partial charge is 0.355 e. The molecule has 3 rings (SSSR count). The zero-order valence-electron chi connectivity index (χ0n) is 13.8. The Morgan fingerprint density at radius 1 is 1.08 bits per heavy atom. The van der Waals surface area contributed by atoms with Crippen LogP contribution in [0.3, 0.4) is 0 Å². The van der Waals surface area contributed by atoms with Crippen molar-refractivity contribution < 1.29 is 9.59 Å². The highest BCUT2D eigenvalue weighted by molar-refractivity contribution is 6.39. The van der Waals surface area contributed by atoms with Gasteiger partial charge in [0.1, 0.15) is 5.82 Å². The lowest BCUT2D eigenvalue weighted by Crippen LogP contribution is -2.42. The fourth-order valence-electron chi connectivity index (χ4n) is 2.76. The first-order valence-corrected chi connectivity index (χ1v) is 8.22. The SMILES string of the molecule is O=C(NCC1CCN(c2cnccn2)CC1)C(=O)Nc1cccnc1. The highest BCUT2D eigenvalue weighted by atomic mass is 16.2. The van der Waals surface area contributed by atoms with E-state index < -0.39 is 11.8 Å². The molecule has 8 nitrogen and oxygen atoms in total. The van der Waals surface area contributed by atoms with Gasteiger partial charge in [0, 0.05) is 38.2 Å². The lowest BCUT2D eigenvalue weighted by Gasteiger charge is -2.32. The highest BCUT2D eigenvalue weighted by Gasteiger charge is 2.22. The number of pyridine rings is 1. The Bertz CT molecular complexity index is 702. The van der Waals surface area contributed by atoms with E-state index in [-0.39, 0.29) is 0 Å². The molecule has 2 aromatic rings. The number of nitrogens with zero attached hydrogens (tertiary/aromatic N) is 4. The second kappa shape index (κ2) is 8.18. The van der Waals surface area contributed by atoms with Crippen molar-refractivity contribution in [2.24, 2.45) is 5.92 Å². The fraction of sp³-hybridized carbons (Fsp3) is 0.353. The predicted octanol–water partition coefficient (Wildman–Crippen LogP) is 0.843. The van der Waals surface area contributed by atoms with Gasteiger partial charge in [0.2, 0.25) is 0 Å². The van der Waals surface area contributed by atoms with Gasteiger partial charge in [0.15, 0.2) is 0 Å². The molecular weight excluding hydrogens is 320 g/mol. The molecule has 2 aromatic heterocycles. The maximum absolute atomic E-state index is 11.9. The number of nitrogens with one attached hydrogen (secondary N) is 2. The summed E-state index contributed by atoms with van der Waals surface area (Å²) in [7, 11) is 0. The smallest absolute Gasteiger partial charge is 0.313 e. The van der Waals surface area contributed by atoms with Crippen molar-refractivity contribution in [1.82, 2.24) is 20.3 Å². The van der Waals surface area contributed by atoms with Crippen molar-refractivity contribution in [3.63, 3.8) is 0 Å². The molecule has 0 spiro atoms. The van der Waals surface area contributed by atoms with E-state index in [9.17, 15) is 9.59 Å². The molecule has 0 radical (unpaired) electrons. The predicted molar refractivity (Wildman–Crippen MR) is 92.8 cm³/mol. The van der Waals surface area contributed by atoms with Crippen LogP contribution in [-0.4, -0.2) is 46.4 Å². The fourth-order valence-corrected chi connectivity index (χ4v) is 2.76. The molecule has 0 atom stereocenters. The normalized spacial score (nSPS) is 14.8. The van der Waals surface area contributed by atoms with Crippen LogP contribution >= 0.6 is 0 Å². The molecule has 3 heterocycles. The Morgan fingerprint density at radius 2 is 1.88 bits per heavy atom. The summed E-state index contributed by atoms with van der Waals surface area (Å²) in [6, 6.07) is 3.37. The van der Waals surface area contributed by atoms with E-state index >= 15 is 0 Å². The van der Waals surface area contributed by atoms with E-state index in [0.29, 0.717) is 18.2 Å². The van der Waals surface area contributed by atoms with E-state index in [0.717, 1.165) is 31.7 Å². The maximum atomic E-state index is 11.9. The Kier molecular flexibility index (Phi) is 5.50. The summed E-state index contributed by atoms with van der Waals surface area (Å²) in [5, 5.41) is 5.23. The van der Waals surface area contributed by atoms with Crippen LogP contribution in [0.5, 0.6) is 0 Å². The number of carbonyl (C=O) groups is 2. The lowest BCUT2D eigenvalue weighted by molar-refractivity contribution is -0.136. The molecule has 8 heteroatoms. The summed E-state index contributed by atoms with van der Waals surface area (Å²) < 4.78 is 0. The van der Waals surface area contributed by atoms with Gasteiger partial charge in [-0.3, -0.25) is 19.6 Å². The number of hydrogen-bond donors (Lipinski definition) is 2. The second-order valence-corrected chi connectivity index (χ2v) is 5.90. The topological polar surface area (TPSA) is 100 Å². The average Bonchev–Trinajstić information content (AvgIpc) is 2.68. The van der Waals surface area contributed by atoms with Crippen LogP contribution in [0.4, 0.5) is 11.5 Å². The molecule has 0 aliphatic carbocycles. The van der Waals surface area contributed by atoms with Gasteiger partial charge in [-0.2, -0.15) is 0 Å². The maximum Gasteiger partial charge on any atom is 0.313 e. The molecule has 2 amide bonds. The molecule has 1 aliphatic rings. The van der Waals surface area contributed by atoms with E-state index in [4.69, 9.17) is 0 Å². The third kappa shape index (κ3) is 4.72. The van der Waals surface area contributed by atoms with Gasteiger partial charge in [-0.05, 0) is 30.9 Å². The number of amides is 2. The molecule has 1 saturated heterocycles. The summed E-state index contributed by atoms with van der Waals surface area (Å²) in [5.74, 6) is -0.0749. The zero-order chi connectivity index (χ0) is 17.5.